The van der Waals surface area contributed by atoms with E-state index < -0.39 is 5.97 Å². The third kappa shape index (κ3) is 3.93. The van der Waals surface area contributed by atoms with Crippen molar-refractivity contribution in [3.63, 3.8) is 0 Å². The zero-order valence-electron chi connectivity index (χ0n) is 19.1. The van der Waals surface area contributed by atoms with Gasteiger partial charge in [-0.2, -0.15) is 0 Å². The highest BCUT2D eigenvalue weighted by atomic mass is 16.4. The van der Waals surface area contributed by atoms with Crippen molar-refractivity contribution >= 4 is 23.4 Å². The fourth-order valence-corrected chi connectivity index (χ4v) is 4.26. The Labute approximate surface area is 201 Å². The number of anilines is 1. The predicted molar refractivity (Wildman–Crippen MR) is 131 cm³/mol. The molecule has 4 aromatic rings. The van der Waals surface area contributed by atoms with E-state index in [1.807, 2.05) is 35.0 Å². The molecule has 2 aromatic carbocycles. The van der Waals surface area contributed by atoms with Crippen LogP contribution in [-0.2, 0) is 6.54 Å². The van der Waals surface area contributed by atoms with Crippen LogP contribution >= 0.6 is 0 Å². The number of aromatic nitrogens is 3. The summed E-state index contributed by atoms with van der Waals surface area (Å²) in [7, 11) is 0. The summed E-state index contributed by atoms with van der Waals surface area (Å²) in [4.78, 5) is 39.0. The Morgan fingerprint density at radius 2 is 1.94 bits per heavy atom. The van der Waals surface area contributed by atoms with Gasteiger partial charge in [0.15, 0.2) is 11.5 Å². The zero-order chi connectivity index (χ0) is 24.7. The lowest BCUT2D eigenvalue weighted by Gasteiger charge is -2.16. The number of carboxylic acid groups (broad SMARTS) is 1. The van der Waals surface area contributed by atoms with E-state index in [1.54, 1.807) is 29.3 Å². The molecule has 0 spiro atoms. The lowest BCUT2D eigenvalue weighted by atomic mass is 9.98. The van der Waals surface area contributed by atoms with Crippen molar-refractivity contribution in [2.75, 3.05) is 4.90 Å². The maximum atomic E-state index is 13.4. The molecule has 1 aliphatic rings. The first-order valence-corrected chi connectivity index (χ1v) is 11.1. The smallest absolute Gasteiger partial charge is 0.334 e. The molecule has 1 N–H and O–H groups in total. The van der Waals surface area contributed by atoms with Crippen LogP contribution in [0, 0.1) is 6.57 Å². The highest BCUT2D eigenvalue weighted by Crippen LogP contribution is 2.33. The molecule has 5 rings (SSSR count). The molecule has 35 heavy (non-hydrogen) atoms. The van der Waals surface area contributed by atoms with Crippen molar-refractivity contribution in [3.05, 3.63) is 95.1 Å². The van der Waals surface area contributed by atoms with Crippen LogP contribution in [0.15, 0.2) is 67.0 Å². The van der Waals surface area contributed by atoms with E-state index >= 15 is 0 Å². The average molecular weight is 463 g/mol. The molecular formula is C27H21N5O3. The van der Waals surface area contributed by atoms with Crippen LogP contribution in [-0.4, -0.2) is 31.5 Å². The Balaban J connectivity index is 1.49. The van der Waals surface area contributed by atoms with Gasteiger partial charge in [0, 0.05) is 29.6 Å². The predicted octanol–water partition coefficient (Wildman–Crippen LogP) is 5.60. The van der Waals surface area contributed by atoms with Gasteiger partial charge in [0.25, 0.3) is 5.91 Å². The number of aromatic carboxylic acids is 1. The molecule has 0 saturated heterocycles. The summed E-state index contributed by atoms with van der Waals surface area (Å²) >= 11 is 0. The first-order chi connectivity index (χ1) is 16.9. The monoisotopic (exact) mass is 463 g/mol. The van der Waals surface area contributed by atoms with Gasteiger partial charge in [-0.15, -0.1) is 0 Å². The minimum atomic E-state index is -1.11. The van der Waals surface area contributed by atoms with Crippen LogP contribution in [0.1, 0.15) is 46.2 Å². The van der Waals surface area contributed by atoms with Gasteiger partial charge < -0.3 is 9.67 Å². The highest BCUT2D eigenvalue weighted by Gasteiger charge is 2.30. The Kier molecular flexibility index (Phi) is 5.38. The van der Waals surface area contributed by atoms with Gasteiger partial charge >= 0.3 is 5.97 Å². The molecule has 0 saturated carbocycles. The lowest BCUT2D eigenvalue weighted by molar-refractivity contribution is 0.0696. The highest BCUT2D eigenvalue weighted by molar-refractivity contribution is 6.10. The fraction of sp³-hybridized carbons (Fsp3) is 0.148. The Morgan fingerprint density at radius 1 is 1.11 bits per heavy atom. The lowest BCUT2D eigenvalue weighted by Crippen LogP contribution is -2.24. The standard InChI is InChI=1S/C27H21N5O3/c1-16(2)31-10-9-29-25(31)23-5-4-6-24(30-23)32-15-18-8-7-17(14-22(18)26(32)33)19-11-20(27(34)35)13-21(12-19)28-3/h4-14,16H,15H2,1-2H3,(H,34,35). The van der Waals surface area contributed by atoms with Gasteiger partial charge in [-0.3, -0.25) is 9.69 Å². The third-order valence-electron chi connectivity index (χ3n) is 6.01. The van der Waals surface area contributed by atoms with E-state index in [0.717, 1.165) is 11.4 Å². The molecule has 1 aliphatic heterocycles. The summed E-state index contributed by atoms with van der Waals surface area (Å²) in [6, 6.07) is 15.7. The number of imidazole rings is 1. The number of pyridine rings is 1. The first-order valence-electron chi connectivity index (χ1n) is 11.1. The molecule has 8 nitrogen and oxygen atoms in total. The molecule has 0 aliphatic carbocycles. The van der Waals surface area contributed by atoms with Crippen LogP contribution in [0.25, 0.3) is 27.5 Å². The number of rotatable bonds is 5. The summed E-state index contributed by atoms with van der Waals surface area (Å²) < 4.78 is 2.03. The van der Waals surface area contributed by atoms with Gasteiger partial charge in [0.05, 0.1) is 13.1 Å². The van der Waals surface area contributed by atoms with Gasteiger partial charge in [0.2, 0.25) is 0 Å². The number of hydrogen-bond donors (Lipinski definition) is 1. The van der Waals surface area contributed by atoms with Crippen molar-refractivity contribution < 1.29 is 14.7 Å². The first kappa shape index (κ1) is 22.0. The van der Waals surface area contributed by atoms with Gasteiger partial charge in [-0.25, -0.2) is 19.6 Å². The molecule has 0 atom stereocenters. The minimum Gasteiger partial charge on any atom is -0.478 e. The molecule has 0 unspecified atom stereocenters. The maximum absolute atomic E-state index is 13.4. The molecule has 1 amide bonds. The average Bonchev–Trinajstić information content (AvgIpc) is 3.49. The van der Waals surface area contributed by atoms with Crippen molar-refractivity contribution in [2.24, 2.45) is 0 Å². The van der Waals surface area contributed by atoms with Gasteiger partial charge in [-0.05, 0) is 66.9 Å². The Hall–Kier alpha value is -4.77. The molecule has 0 fully saturated rings. The van der Waals surface area contributed by atoms with E-state index in [9.17, 15) is 14.7 Å². The van der Waals surface area contributed by atoms with Crippen LogP contribution in [0.5, 0.6) is 0 Å². The van der Waals surface area contributed by atoms with Crippen LogP contribution in [0.4, 0.5) is 11.5 Å². The van der Waals surface area contributed by atoms with Gasteiger partial charge in [0.1, 0.15) is 11.5 Å². The largest absolute Gasteiger partial charge is 0.478 e. The van der Waals surface area contributed by atoms with E-state index in [2.05, 4.69) is 23.7 Å². The van der Waals surface area contributed by atoms with E-state index in [1.165, 1.54) is 12.1 Å². The fourth-order valence-electron chi connectivity index (χ4n) is 4.26. The van der Waals surface area contributed by atoms with Crippen LogP contribution in [0.3, 0.4) is 0 Å². The SMILES string of the molecule is [C-]#[N+]c1cc(C(=O)O)cc(-c2ccc3c(c2)C(=O)N(c2cccc(-c4nccn4C(C)C)n2)C3)c1. The number of carbonyl (C=O) groups excluding carboxylic acids is 1. The van der Waals surface area contributed by atoms with Crippen LogP contribution < -0.4 is 4.90 Å². The topological polar surface area (TPSA) is 92.7 Å². The third-order valence-corrected chi connectivity index (χ3v) is 6.01. The molecule has 0 radical (unpaired) electrons. The number of benzene rings is 2. The maximum Gasteiger partial charge on any atom is 0.334 e. The number of fused-ring (bicyclic) bond motifs is 1. The number of hydrogen-bond acceptors (Lipinski definition) is 4. The molecule has 8 heteroatoms. The van der Waals surface area contributed by atoms with E-state index in [0.29, 0.717) is 34.7 Å². The Bertz CT molecular complexity index is 1530. The summed E-state index contributed by atoms with van der Waals surface area (Å²) in [5.41, 5.74) is 3.58. The van der Waals surface area contributed by atoms with E-state index in [4.69, 9.17) is 11.6 Å². The second-order valence-corrected chi connectivity index (χ2v) is 8.58. The second-order valence-electron chi connectivity index (χ2n) is 8.58. The van der Waals surface area contributed by atoms with Crippen molar-refractivity contribution in [1.82, 2.24) is 14.5 Å². The van der Waals surface area contributed by atoms with Crippen molar-refractivity contribution in [3.8, 4) is 22.6 Å². The summed E-state index contributed by atoms with van der Waals surface area (Å²) in [6.45, 7) is 11.8. The molecule has 2 aromatic heterocycles. The summed E-state index contributed by atoms with van der Waals surface area (Å²) in [5, 5.41) is 9.40. The number of amides is 1. The molecule has 3 heterocycles. The quantitative estimate of drug-likeness (QED) is 0.389. The molecular weight excluding hydrogens is 442 g/mol. The number of nitrogens with zero attached hydrogens (tertiary/aromatic N) is 5. The summed E-state index contributed by atoms with van der Waals surface area (Å²) in [6.07, 6.45) is 3.65. The number of carboxylic acids is 1. The second kappa shape index (κ2) is 8.54. The summed E-state index contributed by atoms with van der Waals surface area (Å²) in [5.74, 6) is -0.0170. The van der Waals surface area contributed by atoms with Crippen molar-refractivity contribution in [1.29, 1.82) is 0 Å². The normalized spacial score (nSPS) is 12.6. The van der Waals surface area contributed by atoms with Crippen molar-refractivity contribution in [2.45, 2.75) is 26.4 Å². The van der Waals surface area contributed by atoms with E-state index in [-0.39, 0.29) is 23.2 Å². The molecule has 172 valence electrons. The molecule has 0 bridgehead atoms. The minimum absolute atomic E-state index is 0.0303. The zero-order valence-corrected chi connectivity index (χ0v) is 19.1. The van der Waals surface area contributed by atoms with Crippen LogP contribution in [0.2, 0.25) is 0 Å². The Morgan fingerprint density at radius 3 is 2.69 bits per heavy atom. The number of carbonyl (C=O) groups is 2. The van der Waals surface area contributed by atoms with Gasteiger partial charge in [-0.1, -0.05) is 18.2 Å².